The van der Waals surface area contributed by atoms with Crippen molar-refractivity contribution in [2.24, 2.45) is 5.73 Å². The summed E-state index contributed by atoms with van der Waals surface area (Å²) < 4.78 is 12.9. The highest BCUT2D eigenvalue weighted by Crippen LogP contribution is 2.03. The minimum atomic E-state index is -0.437. The molecule has 1 aromatic carbocycles. The Morgan fingerprint density at radius 1 is 1.50 bits per heavy atom. The van der Waals surface area contributed by atoms with Crippen LogP contribution in [-0.2, 0) is 11.2 Å². The Morgan fingerprint density at radius 3 is 2.83 bits per heavy atom. The fourth-order valence-corrected chi connectivity index (χ4v) is 1.60. The van der Waals surface area contributed by atoms with Crippen molar-refractivity contribution in [2.45, 2.75) is 32.2 Å². The third kappa shape index (κ3) is 5.98. The molecule has 18 heavy (non-hydrogen) atoms. The molecular formula is C13H20ClFN2O. The molecule has 0 aliphatic heterocycles. The summed E-state index contributed by atoms with van der Waals surface area (Å²) in [4.78, 5) is 11.5. The van der Waals surface area contributed by atoms with Gasteiger partial charge < -0.3 is 11.1 Å². The predicted octanol–water partition coefficient (Wildman–Crippen LogP) is 2.03. The van der Waals surface area contributed by atoms with Gasteiger partial charge in [-0.1, -0.05) is 25.5 Å². The largest absolute Gasteiger partial charge is 0.354 e. The van der Waals surface area contributed by atoms with Crippen LogP contribution in [0.15, 0.2) is 24.3 Å². The van der Waals surface area contributed by atoms with Crippen molar-refractivity contribution >= 4 is 18.3 Å². The van der Waals surface area contributed by atoms with E-state index in [-0.39, 0.29) is 24.1 Å². The molecule has 0 saturated carbocycles. The van der Waals surface area contributed by atoms with E-state index >= 15 is 0 Å². The zero-order chi connectivity index (χ0) is 12.7. The lowest BCUT2D eigenvalue weighted by molar-refractivity contribution is -0.122. The van der Waals surface area contributed by atoms with Crippen LogP contribution in [-0.4, -0.2) is 18.5 Å². The lowest BCUT2D eigenvalue weighted by atomic mass is 10.1. The number of benzene rings is 1. The Labute approximate surface area is 113 Å². The first-order chi connectivity index (χ1) is 8.13. The Hall–Kier alpha value is -1.13. The van der Waals surface area contributed by atoms with Gasteiger partial charge in [0.1, 0.15) is 5.82 Å². The van der Waals surface area contributed by atoms with Crippen LogP contribution in [0.3, 0.4) is 0 Å². The summed E-state index contributed by atoms with van der Waals surface area (Å²) >= 11 is 0. The zero-order valence-corrected chi connectivity index (χ0v) is 11.3. The summed E-state index contributed by atoms with van der Waals surface area (Å²) in [6.45, 7) is 2.47. The number of hydrogen-bond donors (Lipinski definition) is 2. The van der Waals surface area contributed by atoms with Gasteiger partial charge in [-0.2, -0.15) is 0 Å². The molecule has 102 valence electrons. The molecule has 1 unspecified atom stereocenters. The summed E-state index contributed by atoms with van der Waals surface area (Å²) in [5.41, 5.74) is 6.53. The number of amides is 1. The molecule has 1 amide bonds. The number of halogens is 2. The van der Waals surface area contributed by atoms with E-state index in [1.165, 1.54) is 12.1 Å². The molecule has 3 nitrogen and oxygen atoms in total. The van der Waals surface area contributed by atoms with Gasteiger partial charge in [-0.3, -0.25) is 4.79 Å². The number of rotatable bonds is 6. The molecule has 0 radical (unpaired) electrons. The van der Waals surface area contributed by atoms with Crippen molar-refractivity contribution in [2.75, 3.05) is 6.54 Å². The zero-order valence-electron chi connectivity index (χ0n) is 10.5. The molecule has 0 aliphatic carbocycles. The fraction of sp³-hybridized carbons (Fsp3) is 0.462. The highest BCUT2D eigenvalue weighted by Gasteiger charge is 2.10. The van der Waals surface area contributed by atoms with Gasteiger partial charge in [-0.25, -0.2) is 4.39 Å². The van der Waals surface area contributed by atoms with E-state index in [4.69, 9.17) is 5.73 Å². The van der Waals surface area contributed by atoms with E-state index in [0.29, 0.717) is 19.4 Å². The maximum Gasteiger partial charge on any atom is 0.236 e. The molecule has 1 aromatic rings. The second kappa shape index (κ2) is 8.89. The molecule has 0 fully saturated rings. The maximum atomic E-state index is 12.9. The van der Waals surface area contributed by atoms with Gasteiger partial charge in [-0.05, 0) is 30.5 Å². The van der Waals surface area contributed by atoms with Crippen molar-refractivity contribution in [1.29, 1.82) is 0 Å². The van der Waals surface area contributed by atoms with Crippen LogP contribution in [0.25, 0.3) is 0 Å². The number of hydrogen-bond acceptors (Lipinski definition) is 2. The average Bonchev–Trinajstić information content (AvgIpc) is 2.29. The number of nitrogens with two attached hydrogens (primary N) is 1. The standard InChI is InChI=1S/C13H19FN2O.ClH/c1-2-4-12(15)13(17)16-8-7-10-5-3-6-11(14)9-10;/h3,5-6,9,12H,2,4,7-8,15H2,1H3,(H,16,17);1H. The molecule has 0 heterocycles. The molecule has 1 atom stereocenters. The summed E-state index contributed by atoms with van der Waals surface area (Å²) in [6, 6.07) is 5.93. The fourth-order valence-electron chi connectivity index (χ4n) is 1.60. The highest BCUT2D eigenvalue weighted by molar-refractivity contribution is 5.85. The Balaban J connectivity index is 0.00000289. The molecular weight excluding hydrogens is 255 g/mol. The Morgan fingerprint density at radius 2 is 2.22 bits per heavy atom. The molecule has 5 heteroatoms. The van der Waals surface area contributed by atoms with Crippen LogP contribution in [0.1, 0.15) is 25.3 Å². The van der Waals surface area contributed by atoms with Crippen LogP contribution in [0.2, 0.25) is 0 Å². The minimum absolute atomic E-state index is 0. The van der Waals surface area contributed by atoms with Gasteiger partial charge in [-0.15, -0.1) is 12.4 Å². The van der Waals surface area contributed by atoms with Gasteiger partial charge in [0, 0.05) is 6.54 Å². The number of carbonyl (C=O) groups excluding carboxylic acids is 1. The predicted molar refractivity (Wildman–Crippen MR) is 73.2 cm³/mol. The summed E-state index contributed by atoms with van der Waals surface area (Å²) in [6.07, 6.45) is 2.19. The van der Waals surface area contributed by atoms with Gasteiger partial charge in [0.05, 0.1) is 6.04 Å². The van der Waals surface area contributed by atoms with E-state index in [1.807, 2.05) is 13.0 Å². The second-order valence-corrected chi connectivity index (χ2v) is 4.07. The van der Waals surface area contributed by atoms with Crippen LogP contribution < -0.4 is 11.1 Å². The van der Waals surface area contributed by atoms with Gasteiger partial charge >= 0.3 is 0 Å². The molecule has 3 N–H and O–H groups in total. The first-order valence-electron chi connectivity index (χ1n) is 5.91. The quantitative estimate of drug-likeness (QED) is 0.834. The SMILES string of the molecule is CCCC(N)C(=O)NCCc1cccc(F)c1.Cl. The van der Waals surface area contributed by atoms with Gasteiger partial charge in [0.2, 0.25) is 5.91 Å². The topological polar surface area (TPSA) is 55.1 Å². The number of nitrogens with one attached hydrogen (secondary N) is 1. The molecule has 0 bridgehead atoms. The van der Waals surface area contributed by atoms with Gasteiger partial charge in [0.15, 0.2) is 0 Å². The summed E-state index contributed by atoms with van der Waals surface area (Å²) in [7, 11) is 0. The second-order valence-electron chi connectivity index (χ2n) is 4.07. The molecule has 0 aromatic heterocycles. The lowest BCUT2D eigenvalue weighted by Gasteiger charge is -2.11. The average molecular weight is 275 g/mol. The summed E-state index contributed by atoms with van der Waals surface area (Å²) in [5.74, 6) is -0.389. The lowest BCUT2D eigenvalue weighted by Crippen LogP contribution is -2.41. The normalized spacial score (nSPS) is 11.5. The van der Waals surface area contributed by atoms with E-state index < -0.39 is 6.04 Å². The van der Waals surface area contributed by atoms with E-state index in [0.717, 1.165) is 12.0 Å². The minimum Gasteiger partial charge on any atom is -0.354 e. The highest BCUT2D eigenvalue weighted by atomic mass is 35.5. The van der Waals surface area contributed by atoms with Crippen molar-refractivity contribution in [3.8, 4) is 0 Å². The third-order valence-corrected chi connectivity index (χ3v) is 2.54. The Kier molecular flexibility index (Phi) is 8.33. The molecule has 0 spiro atoms. The van der Waals surface area contributed by atoms with E-state index in [2.05, 4.69) is 5.32 Å². The van der Waals surface area contributed by atoms with Gasteiger partial charge in [0.25, 0.3) is 0 Å². The van der Waals surface area contributed by atoms with E-state index in [1.54, 1.807) is 6.07 Å². The van der Waals surface area contributed by atoms with Crippen molar-refractivity contribution in [3.05, 3.63) is 35.6 Å². The van der Waals surface area contributed by atoms with Crippen LogP contribution in [0, 0.1) is 5.82 Å². The first-order valence-corrected chi connectivity index (χ1v) is 5.91. The molecule has 1 rings (SSSR count). The molecule has 0 aliphatic rings. The maximum absolute atomic E-state index is 12.9. The first kappa shape index (κ1) is 16.9. The van der Waals surface area contributed by atoms with Crippen molar-refractivity contribution in [3.63, 3.8) is 0 Å². The van der Waals surface area contributed by atoms with Crippen LogP contribution in [0.5, 0.6) is 0 Å². The van der Waals surface area contributed by atoms with E-state index in [9.17, 15) is 9.18 Å². The number of carbonyl (C=O) groups is 1. The monoisotopic (exact) mass is 274 g/mol. The van der Waals surface area contributed by atoms with Crippen LogP contribution in [0.4, 0.5) is 4.39 Å². The summed E-state index contributed by atoms with van der Waals surface area (Å²) in [5, 5.41) is 2.75. The Bertz CT molecular complexity index is 374. The molecule has 0 saturated heterocycles. The van der Waals surface area contributed by atoms with Crippen molar-refractivity contribution in [1.82, 2.24) is 5.32 Å². The third-order valence-electron chi connectivity index (χ3n) is 2.54. The smallest absolute Gasteiger partial charge is 0.236 e. The van der Waals surface area contributed by atoms with Crippen molar-refractivity contribution < 1.29 is 9.18 Å². The van der Waals surface area contributed by atoms with Crippen LogP contribution >= 0.6 is 12.4 Å².